The molecule has 1 aromatic heterocycles. The van der Waals surface area contributed by atoms with E-state index >= 15 is 0 Å². The molecule has 1 aliphatic heterocycles. The summed E-state index contributed by atoms with van der Waals surface area (Å²) in [6.45, 7) is 9.42. The van der Waals surface area contributed by atoms with Gasteiger partial charge in [-0.1, -0.05) is 0 Å². The first-order chi connectivity index (χ1) is 12.3. The Labute approximate surface area is 155 Å². The molecule has 1 fully saturated rings. The van der Waals surface area contributed by atoms with Crippen molar-refractivity contribution in [2.45, 2.75) is 46.6 Å². The van der Waals surface area contributed by atoms with Crippen molar-refractivity contribution in [1.82, 2.24) is 14.8 Å². The van der Waals surface area contributed by atoms with Crippen LogP contribution in [0.3, 0.4) is 0 Å². The SMILES string of the molecule is Cc1c(C)n(C)c2ccc(C(=O)N3CCC(C(=O)NC(C)C)CC3)cc12. The number of benzene rings is 1. The van der Waals surface area contributed by atoms with Gasteiger partial charge >= 0.3 is 0 Å². The van der Waals surface area contributed by atoms with Gasteiger partial charge in [0, 0.05) is 54.3 Å². The fourth-order valence-corrected chi connectivity index (χ4v) is 3.82. The van der Waals surface area contributed by atoms with Crippen molar-refractivity contribution in [2.24, 2.45) is 13.0 Å². The van der Waals surface area contributed by atoms with E-state index in [1.165, 1.54) is 11.3 Å². The second-order valence-corrected chi connectivity index (χ2v) is 7.73. The molecule has 26 heavy (non-hydrogen) atoms. The van der Waals surface area contributed by atoms with Gasteiger partial charge in [0.1, 0.15) is 0 Å². The van der Waals surface area contributed by atoms with Crippen molar-refractivity contribution in [3.8, 4) is 0 Å². The van der Waals surface area contributed by atoms with E-state index in [0.717, 1.165) is 29.3 Å². The van der Waals surface area contributed by atoms with Gasteiger partial charge in [-0.2, -0.15) is 0 Å². The zero-order chi connectivity index (χ0) is 19.0. The molecule has 1 aliphatic rings. The minimum atomic E-state index is 0.0166. The van der Waals surface area contributed by atoms with Crippen molar-refractivity contribution in [3.05, 3.63) is 35.0 Å². The molecular weight excluding hydrogens is 326 g/mol. The predicted molar refractivity (Wildman–Crippen MR) is 104 cm³/mol. The first kappa shape index (κ1) is 18.5. The lowest BCUT2D eigenvalue weighted by molar-refractivity contribution is -0.126. The fraction of sp³-hybridized carbons (Fsp3) is 0.524. The summed E-state index contributed by atoms with van der Waals surface area (Å²) in [5.41, 5.74) is 4.33. The summed E-state index contributed by atoms with van der Waals surface area (Å²) >= 11 is 0. The summed E-state index contributed by atoms with van der Waals surface area (Å²) in [5, 5.41) is 4.12. The van der Waals surface area contributed by atoms with E-state index in [4.69, 9.17) is 0 Å². The molecule has 1 saturated heterocycles. The van der Waals surface area contributed by atoms with Crippen molar-refractivity contribution >= 4 is 22.7 Å². The molecule has 0 aliphatic carbocycles. The Kier molecular flexibility index (Phi) is 5.08. The summed E-state index contributed by atoms with van der Waals surface area (Å²) in [7, 11) is 2.05. The molecule has 0 saturated carbocycles. The van der Waals surface area contributed by atoms with Crippen LogP contribution < -0.4 is 5.32 Å². The lowest BCUT2D eigenvalue weighted by Crippen LogP contribution is -2.44. The number of fused-ring (bicyclic) bond motifs is 1. The third-order valence-corrected chi connectivity index (χ3v) is 5.64. The Morgan fingerprint density at radius 1 is 1.15 bits per heavy atom. The van der Waals surface area contributed by atoms with Crippen LogP contribution in [0.15, 0.2) is 18.2 Å². The van der Waals surface area contributed by atoms with Crippen LogP contribution in [0.2, 0.25) is 0 Å². The quantitative estimate of drug-likeness (QED) is 0.919. The number of nitrogens with zero attached hydrogens (tertiary/aromatic N) is 2. The van der Waals surface area contributed by atoms with Crippen LogP contribution in [0.1, 0.15) is 48.3 Å². The lowest BCUT2D eigenvalue weighted by Gasteiger charge is -2.31. The highest BCUT2D eigenvalue weighted by molar-refractivity contribution is 5.99. The average Bonchev–Trinajstić information content (AvgIpc) is 2.84. The number of carbonyl (C=O) groups is 2. The van der Waals surface area contributed by atoms with Crippen molar-refractivity contribution in [1.29, 1.82) is 0 Å². The summed E-state index contributed by atoms with van der Waals surface area (Å²) in [6.07, 6.45) is 1.46. The van der Waals surface area contributed by atoms with E-state index < -0.39 is 0 Å². The second kappa shape index (κ2) is 7.14. The van der Waals surface area contributed by atoms with Gasteiger partial charge in [0.2, 0.25) is 5.91 Å². The topological polar surface area (TPSA) is 54.3 Å². The van der Waals surface area contributed by atoms with Gasteiger partial charge < -0.3 is 14.8 Å². The number of amides is 2. The zero-order valence-corrected chi connectivity index (χ0v) is 16.4. The lowest BCUT2D eigenvalue weighted by atomic mass is 9.95. The van der Waals surface area contributed by atoms with Crippen LogP contribution in [0, 0.1) is 19.8 Å². The van der Waals surface area contributed by atoms with Crippen LogP contribution >= 0.6 is 0 Å². The summed E-state index contributed by atoms with van der Waals surface area (Å²) in [6, 6.07) is 6.12. The Hall–Kier alpha value is -2.30. The highest BCUT2D eigenvalue weighted by atomic mass is 16.2. The van der Waals surface area contributed by atoms with Crippen LogP contribution in [-0.4, -0.2) is 40.4 Å². The molecule has 2 amide bonds. The van der Waals surface area contributed by atoms with Crippen LogP contribution in [-0.2, 0) is 11.8 Å². The number of likely N-dealkylation sites (tertiary alicyclic amines) is 1. The Bertz CT molecular complexity index is 843. The number of carbonyl (C=O) groups excluding carboxylic acids is 2. The molecule has 0 atom stereocenters. The maximum Gasteiger partial charge on any atom is 0.253 e. The minimum absolute atomic E-state index is 0.0166. The molecule has 1 aromatic carbocycles. The van der Waals surface area contributed by atoms with Gasteiger partial charge in [-0.3, -0.25) is 9.59 Å². The summed E-state index contributed by atoms with van der Waals surface area (Å²) in [4.78, 5) is 27.0. The molecule has 140 valence electrons. The second-order valence-electron chi connectivity index (χ2n) is 7.73. The van der Waals surface area contributed by atoms with E-state index in [1.54, 1.807) is 0 Å². The van der Waals surface area contributed by atoms with Crippen molar-refractivity contribution < 1.29 is 9.59 Å². The van der Waals surface area contributed by atoms with Crippen molar-refractivity contribution in [3.63, 3.8) is 0 Å². The fourth-order valence-electron chi connectivity index (χ4n) is 3.82. The third kappa shape index (κ3) is 3.35. The summed E-state index contributed by atoms with van der Waals surface area (Å²) < 4.78 is 2.16. The average molecular weight is 355 g/mol. The van der Waals surface area contributed by atoms with Gasteiger partial charge in [-0.25, -0.2) is 0 Å². The van der Waals surface area contributed by atoms with Gasteiger partial charge in [0.05, 0.1) is 0 Å². The minimum Gasteiger partial charge on any atom is -0.354 e. The Morgan fingerprint density at radius 2 is 1.81 bits per heavy atom. The predicted octanol–water partition coefficient (Wildman–Crippen LogP) is 3.17. The van der Waals surface area contributed by atoms with Gasteiger partial charge in [-0.05, 0) is 64.3 Å². The normalized spacial score (nSPS) is 15.7. The number of piperidine rings is 1. The van der Waals surface area contributed by atoms with E-state index in [-0.39, 0.29) is 23.8 Å². The first-order valence-corrected chi connectivity index (χ1v) is 9.45. The molecule has 0 unspecified atom stereocenters. The third-order valence-electron chi connectivity index (χ3n) is 5.64. The molecule has 0 radical (unpaired) electrons. The molecule has 2 heterocycles. The summed E-state index contributed by atoms with van der Waals surface area (Å²) in [5.74, 6) is 0.197. The monoisotopic (exact) mass is 355 g/mol. The van der Waals surface area contributed by atoms with Gasteiger partial charge in [0.15, 0.2) is 0 Å². The molecule has 0 bridgehead atoms. The first-order valence-electron chi connectivity index (χ1n) is 9.45. The van der Waals surface area contributed by atoms with Crippen LogP contribution in [0.4, 0.5) is 0 Å². The maximum atomic E-state index is 12.9. The number of aryl methyl sites for hydroxylation is 2. The molecular formula is C21H29N3O2. The van der Waals surface area contributed by atoms with E-state index in [0.29, 0.717) is 13.1 Å². The van der Waals surface area contributed by atoms with Crippen molar-refractivity contribution in [2.75, 3.05) is 13.1 Å². The number of nitrogens with one attached hydrogen (secondary N) is 1. The van der Waals surface area contributed by atoms with E-state index in [1.807, 2.05) is 36.9 Å². The number of hydrogen-bond acceptors (Lipinski definition) is 2. The highest BCUT2D eigenvalue weighted by Crippen LogP contribution is 2.26. The van der Waals surface area contributed by atoms with Crippen LogP contribution in [0.5, 0.6) is 0 Å². The number of rotatable bonds is 3. The van der Waals surface area contributed by atoms with Gasteiger partial charge in [-0.15, -0.1) is 0 Å². The van der Waals surface area contributed by atoms with Crippen LogP contribution in [0.25, 0.3) is 10.9 Å². The smallest absolute Gasteiger partial charge is 0.253 e. The Balaban J connectivity index is 1.72. The standard InChI is InChI=1S/C21H29N3O2/c1-13(2)22-20(25)16-8-10-24(11-9-16)21(26)17-6-7-19-18(12-17)14(3)15(4)23(19)5/h6-7,12-13,16H,8-11H2,1-5H3,(H,22,25). The molecule has 3 rings (SSSR count). The van der Waals surface area contributed by atoms with E-state index in [2.05, 4.69) is 30.8 Å². The largest absolute Gasteiger partial charge is 0.354 e. The molecule has 5 heteroatoms. The molecule has 1 N–H and O–H groups in total. The maximum absolute atomic E-state index is 12.9. The van der Waals surface area contributed by atoms with Gasteiger partial charge in [0.25, 0.3) is 5.91 Å². The molecule has 5 nitrogen and oxygen atoms in total. The van der Waals surface area contributed by atoms with E-state index in [9.17, 15) is 9.59 Å². The Morgan fingerprint density at radius 3 is 2.42 bits per heavy atom. The number of hydrogen-bond donors (Lipinski definition) is 1. The molecule has 0 spiro atoms. The molecule has 2 aromatic rings. The zero-order valence-electron chi connectivity index (χ0n) is 16.4. The number of aromatic nitrogens is 1. The highest BCUT2D eigenvalue weighted by Gasteiger charge is 2.28.